The number of aliphatic carboxylic acids is 1. The van der Waals surface area contributed by atoms with Crippen LogP contribution in [0.1, 0.15) is 0 Å². The molecule has 60 valence electrons. The molecule has 10 heavy (non-hydrogen) atoms. The van der Waals surface area contributed by atoms with Crippen LogP contribution in [-0.2, 0) is 4.79 Å². The Morgan fingerprint density at radius 1 is 1.50 bits per heavy atom. The number of carboxylic acid groups (broad SMARTS) is 1. The molecule has 0 saturated heterocycles. The fourth-order valence-electron chi connectivity index (χ4n) is 0.303. The van der Waals surface area contributed by atoms with E-state index in [1.807, 2.05) is 0 Å². The first-order valence-electron chi connectivity index (χ1n) is 2.41. The number of alkyl halides is 2. The molecule has 4 nitrogen and oxygen atoms in total. The van der Waals surface area contributed by atoms with E-state index < -0.39 is 24.5 Å². The molecular formula is C4H7F2NO3. The van der Waals surface area contributed by atoms with E-state index >= 15 is 0 Å². The predicted molar refractivity (Wildman–Crippen MR) is 27.6 cm³/mol. The first-order valence-corrected chi connectivity index (χ1v) is 2.41. The molecule has 0 aliphatic rings. The number of nitrogens with two attached hydrogens (primary N) is 1. The highest BCUT2D eigenvalue weighted by molar-refractivity contribution is 5.73. The van der Waals surface area contributed by atoms with E-state index in [1.54, 1.807) is 0 Å². The van der Waals surface area contributed by atoms with Gasteiger partial charge in [0.25, 0.3) is 6.43 Å². The van der Waals surface area contributed by atoms with Crippen molar-refractivity contribution in [3.05, 3.63) is 0 Å². The topological polar surface area (TPSA) is 83.6 Å². The number of halogens is 2. The zero-order valence-corrected chi connectivity index (χ0v) is 4.87. The summed E-state index contributed by atoms with van der Waals surface area (Å²) < 4.78 is 22.9. The van der Waals surface area contributed by atoms with E-state index in [0.29, 0.717) is 0 Å². The Labute approximate surface area is 55.3 Å². The minimum atomic E-state index is -3.12. The lowest BCUT2D eigenvalue weighted by Gasteiger charge is -2.12. The Morgan fingerprint density at radius 3 is 2.00 bits per heavy atom. The minimum Gasteiger partial charge on any atom is -0.480 e. The molecule has 0 heterocycles. The average molecular weight is 155 g/mol. The normalized spacial score (nSPS) is 16.9. The Balaban J connectivity index is 3.94. The molecule has 0 unspecified atom stereocenters. The van der Waals surface area contributed by atoms with Gasteiger partial charge in [-0.15, -0.1) is 0 Å². The molecule has 6 heteroatoms. The maximum Gasteiger partial charge on any atom is 0.323 e. The third-order valence-corrected chi connectivity index (χ3v) is 0.911. The van der Waals surface area contributed by atoms with Crippen LogP contribution in [0.2, 0.25) is 0 Å². The summed E-state index contributed by atoms with van der Waals surface area (Å²) in [5.41, 5.74) is 4.63. The summed E-state index contributed by atoms with van der Waals surface area (Å²) in [7, 11) is 0. The van der Waals surface area contributed by atoms with Gasteiger partial charge in [-0.1, -0.05) is 0 Å². The van der Waals surface area contributed by atoms with Gasteiger partial charge in [0.2, 0.25) is 0 Å². The maximum absolute atomic E-state index is 11.4. The minimum absolute atomic E-state index is 1.65. The van der Waals surface area contributed by atoms with Crippen LogP contribution in [0.25, 0.3) is 0 Å². The third kappa shape index (κ3) is 2.24. The lowest BCUT2D eigenvalue weighted by molar-refractivity contribution is -0.144. The van der Waals surface area contributed by atoms with Gasteiger partial charge in [-0.25, -0.2) is 8.78 Å². The van der Waals surface area contributed by atoms with Crippen molar-refractivity contribution >= 4 is 5.97 Å². The van der Waals surface area contributed by atoms with Crippen molar-refractivity contribution in [2.75, 3.05) is 0 Å². The predicted octanol–water partition coefficient (Wildman–Crippen LogP) is -0.976. The molecule has 0 amide bonds. The fourth-order valence-corrected chi connectivity index (χ4v) is 0.303. The SMILES string of the molecule is N[C@H](C(=O)O)[C@H](O)C(F)F. The molecule has 0 saturated carbocycles. The molecule has 0 bridgehead atoms. The molecule has 0 aliphatic carbocycles. The highest BCUT2D eigenvalue weighted by Crippen LogP contribution is 2.03. The first kappa shape index (κ1) is 9.25. The van der Waals surface area contributed by atoms with Crippen molar-refractivity contribution in [1.29, 1.82) is 0 Å². The second-order valence-corrected chi connectivity index (χ2v) is 1.69. The Kier molecular flexibility index (Phi) is 3.17. The number of carbonyl (C=O) groups is 1. The maximum atomic E-state index is 11.4. The fraction of sp³-hybridized carbons (Fsp3) is 0.750. The Bertz CT molecular complexity index is 130. The number of aliphatic hydroxyl groups is 1. The summed E-state index contributed by atoms with van der Waals surface area (Å²) in [4.78, 5) is 9.83. The number of aliphatic hydroxyl groups excluding tert-OH is 1. The van der Waals surface area contributed by atoms with Crippen molar-refractivity contribution in [1.82, 2.24) is 0 Å². The van der Waals surface area contributed by atoms with Gasteiger partial charge in [0.15, 0.2) is 0 Å². The standard InChI is InChI=1S/C4H7F2NO3/c5-3(6)2(8)1(7)4(9)10/h1-3,8H,7H2,(H,9,10)/t1-,2-/m0/s1. The van der Waals surface area contributed by atoms with E-state index in [0.717, 1.165) is 0 Å². The monoisotopic (exact) mass is 155 g/mol. The summed E-state index contributed by atoms with van der Waals surface area (Å²) in [6.45, 7) is 0. The van der Waals surface area contributed by atoms with Gasteiger partial charge in [0, 0.05) is 0 Å². The first-order chi connectivity index (χ1) is 4.46. The highest BCUT2D eigenvalue weighted by Gasteiger charge is 2.29. The lowest BCUT2D eigenvalue weighted by atomic mass is 10.2. The number of carboxylic acids is 1. The van der Waals surface area contributed by atoms with Crippen molar-refractivity contribution < 1.29 is 23.8 Å². The molecule has 0 fully saturated rings. The van der Waals surface area contributed by atoms with Gasteiger partial charge < -0.3 is 15.9 Å². The quantitative estimate of drug-likeness (QED) is 0.489. The molecule has 2 atom stereocenters. The zero-order valence-electron chi connectivity index (χ0n) is 4.87. The van der Waals surface area contributed by atoms with E-state index in [9.17, 15) is 13.6 Å². The van der Waals surface area contributed by atoms with Gasteiger partial charge in [0.05, 0.1) is 0 Å². The smallest absolute Gasteiger partial charge is 0.323 e. The molecule has 0 aromatic carbocycles. The second-order valence-electron chi connectivity index (χ2n) is 1.69. The van der Waals surface area contributed by atoms with E-state index in [2.05, 4.69) is 5.73 Å². The summed E-state index contributed by atoms with van der Waals surface area (Å²) >= 11 is 0. The van der Waals surface area contributed by atoms with Crippen LogP contribution in [0.15, 0.2) is 0 Å². The Morgan fingerprint density at radius 2 is 1.90 bits per heavy atom. The lowest BCUT2D eigenvalue weighted by Crippen LogP contribution is -2.45. The van der Waals surface area contributed by atoms with Crippen molar-refractivity contribution in [2.45, 2.75) is 18.6 Å². The number of rotatable bonds is 3. The molecule has 0 aromatic heterocycles. The van der Waals surface area contributed by atoms with Gasteiger partial charge in [-0.3, -0.25) is 4.79 Å². The van der Waals surface area contributed by atoms with Gasteiger partial charge >= 0.3 is 5.97 Å². The average Bonchev–Trinajstić information content (AvgIpc) is 1.84. The van der Waals surface area contributed by atoms with Gasteiger partial charge in [-0.05, 0) is 0 Å². The summed E-state index contributed by atoms with van der Waals surface area (Å²) in [5, 5.41) is 16.3. The molecule has 4 N–H and O–H groups in total. The molecule has 0 aliphatic heterocycles. The van der Waals surface area contributed by atoms with E-state index in [-0.39, 0.29) is 0 Å². The van der Waals surface area contributed by atoms with Crippen LogP contribution < -0.4 is 5.73 Å². The van der Waals surface area contributed by atoms with Crippen LogP contribution in [0.5, 0.6) is 0 Å². The molecule has 0 rings (SSSR count). The molecule has 0 spiro atoms. The van der Waals surface area contributed by atoms with Crippen LogP contribution in [0.4, 0.5) is 8.78 Å². The molecule has 0 radical (unpaired) electrons. The number of hydrogen-bond donors (Lipinski definition) is 3. The van der Waals surface area contributed by atoms with E-state index in [1.165, 1.54) is 0 Å². The van der Waals surface area contributed by atoms with Crippen LogP contribution in [0.3, 0.4) is 0 Å². The second kappa shape index (κ2) is 3.43. The van der Waals surface area contributed by atoms with Gasteiger partial charge in [-0.2, -0.15) is 0 Å². The van der Waals surface area contributed by atoms with Crippen molar-refractivity contribution in [3.63, 3.8) is 0 Å². The third-order valence-electron chi connectivity index (χ3n) is 0.911. The molecular weight excluding hydrogens is 148 g/mol. The summed E-state index contributed by atoms with van der Waals surface area (Å²) in [5.74, 6) is -1.65. The molecule has 0 aromatic rings. The van der Waals surface area contributed by atoms with Crippen LogP contribution in [-0.4, -0.2) is 34.8 Å². The van der Waals surface area contributed by atoms with Gasteiger partial charge in [0.1, 0.15) is 12.1 Å². The largest absolute Gasteiger partial charge is 0.480 e. The van der Waals surface area contributed by atoms with Crippen LogP contribution >= 0.6 is 0 Å². The summed E-state index contributed by atoms with van der Waals surface area (Å²) in [6, 6.07) is -1.92. The summed E-state index contributed by atoms with van der Waals surface area (Å²) in [6.07, 6.45) is -5.41. The number of hydrogen-bond acceptors (Lipinski definition) is 3. The van der Waals surface area contributed by atoms with Crippen LogP contribution in [0, 0.1) is 0 Å². The van der Waals surface area contributed by atoms with Crippen molar-refractivity contribution in [2.24, 2.45) is 5.73 Å². The van der Waals surface area contributed by atoms with E-state index in [4.69, 9.17) is 10.2 Å². The highest BCUT2D eigenvalue weighted by atomic mass is 19.3. The zero-order chi connectivity index (χ0) is 8.31. The van der Waals surface area contributed by atoms with Crippen molar-refractivity contribution in [3.8, 4) is 0 Å². The Hall–Kier alpha value is -0.750.